The van der Waals surface area contributed by atoms with Crippen molar-refractivity contribution >= 4 is 266 Å². The van der Waals surface area contributed by atoms with Crippen LogP contribution in [0.5, 0.6) is 0 Å². The van der Waals surface area contributed by atoms with E-state index < -0.39 is 14.2 Å². The van der Waals surface area contributed by atoms with Gasteiger partial charge in [-0.1, -0.05) is 224 Å². The molecule has 27 rings (SSSR count). The maximum absolute atomic E-state index is 6.39. The van der Waals surface area contributed by atoms with Crippen LogP contribution in [0.1, 0.15) is 138 Å². The third-order valence-electron chi connectivity index (χ3n) is 31.4. The summed E-state index contributed by atoms with van der Waals surface area (Å²) < 4.78 is 89.6. The summed E-state index contributed by atoms with van der Waals surface area (Å²) in [5.41, 5.74) is 8.54. The van der Waals surface area contributed by atoms with Crippen LogP contribution in [-0.4, -0.2) is 91.6 Å². The van der Waals surface area contributed by atoms with Crippen LogP contribution in [0.2, 0.25) is 0 Å². The Balaban J connectivity index is 0.0000000977. The highest BCUT2D eigenvalue weighted by Gasteiger charge is 2.57. The molecular formula is C118H109B5O13S3. The van der Waals surface area contributed by atoms with E-state index in [4.69, 9.17) is 59.8 Å². The van der Waals surface area contributed by atoms with Crippen molar-refractivity contribution in [1.29, 1.82) is 0 Å². The molecule has 0 radical (unpaired) electrons. The Hall–Kier alpha value is -11.5. The van der Waals surface area contributed by atoms with Gasteiger partial charge in [0.05, 0.1) is 56.0 Å². The molecule has 692 valence electrons. The van der Waals surface area contributed by atoms with Crippen LogP contribution in [0.3, 0.4) is 0 Å². The molecule has 0 atom stereocenters. The molecule has 11 heterocycles. The summed E-state index contributed by atoms with van der Waals surface area (Å²) in [5.74, 6) is 0. The Kier molecular flexibility index (Phi) is 21.7. The topological polar surface area (TPSA) is 132 Å². The van der Waals surface area contributed by atoms with Gasteiger partial charge in [0.15, 0.2) is 0 Å². The lowest BCUT2D eigenvalue weighted by molar-refractivity contribution is 0.00578. The lowest BCUT2D eigenvalue weighted by Gasteiger charge is -2.32. The number of hydrogen-bond donors (Lipinski definition) is 0. The fourth-order valence-corrected chi connectivity index (χ4v) is 23.6. The SMILES string of the molecule is CC1(C)OB(c2cc3cc(-c4cccc5oc6c7ccccc7ccc6c45)ccc3s2)OC1(C)C.CC1(C)OB(c2cccc3oc4c5ccccc5ccc4c23)OC1(C)C.CC1(C)OB(c2cccc3oc4ccc5ccccc5c4c23)OC1(C)C.CC1(C)OB(c2cccc3sc4c5ccccc5ccc4c23)OC1(C)C.CC1(C)OB(c2cccc3sc4ccc5ccccc5c4c23)OC1(C)C. The van der Waals surface area contributed by atoms with Crippen LogP contribution in [0.4, 0.5) is 0 Å². The molecule has 0 bridgehead atoms. The lowest BCUT2D eigenvalue weighted by Crippen LogP contribution is -2.41. The van der Waals surface area contributed by atoms with Gasteiger partial charge in [0.1, 0.15) is 33.5 Å². The van der Waals surface area contributed by atoms with E-state index in [9.17, 15) is 0 Å². The first-order chi connectivity index (χ1) is 66.3. The fourth-order valence-electron chi connectivity index (χ4n) is 20.2. The molecule has 5 fully saturated rings. The molecule has 5 aliphatic rings. The van der Waals surface area contributed by atoms with Crippen molar-refractivity contribution in [3.63, 3.8) is 0 Å². The quantitative estimate of drug-likeness (QED) is 0.146. The van der Waals surface area contributed by atoms with Crippen molar-refractivity contribution in [1.82, 2.24) is 0 Å². The van der Waals surface area contributed by atoms with E-state index >= 15 is 0 Å². The summed E-state index contributed by atoms with van der Waals surface area (Å²) in [7, 11) is -1.84. The number of rotatable bonds is 6. The van der Waals surface area contributed by atoms with Crippen molar-refractivity contribution in [2.45, 2.75) is 194 Å². The van der Waals surface area contributed by atoms with Gasteiger partial charge in [0.25, 0.3) is 0 Å². The van der Waals surface area contributed by atoms with Gasteiger partial charge in [-0.3, -0.25) is 0 Å². The monoisotopic (exact) mass is 1880 g/mol. The second-order valence-corrected chi connectivity index (χ2v) is 46.0. The molecule has 139 heavy (non-hydrogen) atoms. The van der Waals surface area contributed by atoms with Crippen molar-refractivity contribution in [2.75, 3.05) is 0 Å². The first-order valence-electron chi connectivity index (χ1n) is 48.3. The van der Waals surface area contributed by atoms with E-state index in [0.29, 0.717) is 0 Å². The van der Waals surface area contributed by atoms with E-state index in [1.807, 2.05) is 65.1 Å². The maximum atomic E-state index is 6.39. The summed E-state index contributed by atoms with van der Waals surface area (Å²) in [5, 5.41) is 25.2. The number of hydrogen-bond acceptors (Lipinski definition) is 16. The van der Waals surface area contributed by atoms with Crippen LogP contribution in [0, 0.1) is 0 Å². The number of fused-ring (bicyclic) bond motifs is 26. The Morgan fingerprint density at radius 3 is 1.03 bits per heavy atom. The van der Waals surface area contributed by atoms with Crippen molar-refractivity contribution < 1.29 is 59.8 Å². The molecule has 0 spiro atoms. The van der Waals surface area contributed by atoms with E-state index in [1.165, 1.54) is 105 Å². The van der Waals surface area contributed by atoms with Gasteiger partial charge in [-0.25, -0.2) is 0 Å². The Morgan fingerprint density at radius 1 is 0.194 bits per heavy atom. The zero-order valence-electron chi connectivity index (χ0n) is 82.2. The minimum atomic E-state index is -0.413. The van der Waals surface area contributed by atoms with Gasteiger partial charge in [0.2, 0.25) is 0 Å². The third-order valence-corrected chi connectivity index (χ3v) is 34.9. The second kappa shape index (κ2) is 33.1. The van der Waals surface area contributed by atoms with E-state index in [2.05, 4.69) is 393 Å². The zero-order chi connectivity index (χ0) is 96.4. The van der Waals surface area contributed by atoms with Crippen LogP contribution in [0.15, 0.2) is 311 Å². The van der Waals surface area contributed by atoms with Gasteiger partial charge >= 0.3 is 35.6 Å². The molecule has 21 heteroatoms. The van der Waals surface area contributed by atoms with Gasteiger partial charge in [-0.05, 0) is 293 Å². The Bertz CT molecular complexity index is 8260. The molecule has 0 N–H and O–H groups in total. The highest BCUT2D eigenvalue weighted by Crippen LogP contribution is 2.49. The Labute approximate surface area is 822 Å². The first-order valence-corrected chi connectivity index (χ1v) is 50.7. The fraction of sp³-hybridized carbons (Fsp3) is 0.254. The molecule has 5 aliphatic heterocycles. The summed E-state index contributed by atoms with van der Waals surface area (Å²) in [6.45, 7) is 41.8. The summed E-state index contributed by atoms with van der Waals surface area (Å²) in [6.07, 6.45) is 0. The van der Waals surface area contributed by atoms with Crippen LogP contribution < -0.4 is 26.6 Å². The molecule has 13 nitrogen and oxygen atoms in total. The molecular weight excluding hydrogens is 1780 g/mol. The largest absolute Gasteiger partial charge is 0.505 e. The average molecular weight is 1890 g/mol. The van der Waals surface area contributed by atoms with Crippen molar-refractivity contribution in [3.8, 4) is 11.1 Å². The van der Waals surface area contributed by atoms with Gasteiger partial charge in [-0.15, -0.1) is 34.0 Å². The summed E-state index contributed by atoms with van der Waals surface area (Å²) in [6, 6.07) is 104. The highest BCUT2D eigenvalue weighted by atomic mass is 32.1. The zero-order valence-corrected chi connectivity index (χ0v) is 84.7. The predicted octanol–water partition coefficient (Wildman–Crippen LogP) is 29.0. The molecule has 0 aliphatic carbocycles. The maximum Gasteiger partial charge on any atom is 0.505 e. The molecule has 5 saturated heterocycles. The van der Waals surface area contributed by atoms with Crippen LogP contribution in [-0.2, 0) is 46.5 Å². The van der Waals surface area contributed by atoms with E-state index in [-0.39, 0.29) is 77.4 Å². The van der Waals surface area contributed by atoms with Crippen molar-refractivity contribution in [3.05, 3.63) is 297 Å². The smallest absolute Gasteiger partial charge is 0.456 e. The number of benzene rings is 16. The molecule has 6 aromatic heterocycles. The van der Waals surface area contributed by atoms with Gasteiger partial charge in [-0.2, -0.15) is 0 Å². The van der Waals surface area contributed by atoms with E-state index in [1.54, 1.807) is 11.3 Å². The summed E-state index contributed by atoms with van der Waals surface area (Å²) >= 11 is 5.43. The highest BCUT2D eigenvalue weighted by molar-refractivity contribution is 7.28. The first kappa shape index (κ1) is 91.3. The van der Waals surface area contributed by atoms with Gasteiger partial charge < -0.3 is 59.8 Å². The summed E-state index contributed by atoms with van der Waals surface area (Å²) in [4.78, 5) is 0. The molecule has 16 aromatic carbocycles. The van der Waals surface area contributed by atoms with Crippen molar-refractivity contribution in [2.24, 2.45) is 0 Å². The van der Waals surface area contributed by atoms with Crippen LogP contribution >= 0.6 is 34.0 Å². The molecule has 0 amide bonds. The number of furan rings is 3. The predicted molar refractivity (Wildman–Crippen MR) is 587 cm³/mol. The average Bonchev–Trinajstić information content (AvgIpc) is 1.60. The molecule has 0 saturated carbocycles. The lowest BCUT2D eigenvalue weighted by atomic mass is 9.76. The minimum Gasteiger partial charge on any atom is -0.456 e. The Morgan fingerprint density at radius 2 is 0.532 bits per heavy atom. The minimum absolute atomic E-state index is 0.335. The number of thiophene rings is 3. The second-order valence-electron chi connectivity index (χ2n) is 42.7. The normalized spacial score (nSPS) is 18.6. The molecule has 0 unspecified atom stereocenters. The van der Waals surface area contributed by atoms with Gasteiger partial charge in [0, 0.05) is 92.9 Å². The van der Waals surface area contributed by atoms with Crippen LogP contribution in [0.25, 0.3) is 181 Å². The standard InChI is InChI=1S/C30H25BO3S.2C22H21BO3.2C22H21BO2S/c1-29(2)30(3,4)34-31(33-29)26-17-20-16-19(13-15-25(20)35-26)21-10-7-11-24-27(21)23-14-12-18-8-5-6-9-22(18)28(23)32-24;1-21(2)22(3,4)26-23(25-21)17-10-7-11-18-19(17)16-13-12-14-8-5-6-9-15(14)20(16)24-18;1-21(2)22(3,4)26-23(25-21)16-10-7-11-17-20(16)19-15-9-6-5-8-14(15)12-13-18(19)24-17;1-21(2)22(3,4)25-23(24-21)17-10-7-11-18-19(17)16-13-12-14-8-5-6-9-15(14)20(16)26-18;1-21(2)22(3,4)25-23(24-21)16-10-7-11-17-20(16)19-15-9-6-5-8-14(15)12-13-18(19)26-17/h5-17H,1-4H3;4*5-13H,1-4H3. The van der Waals surface area contributed by atoms with E-state index in [0.717, 1.165) is 103 Å². The molecule has 22 aromatic rings. The third kappa shape index (κ3) is 15.3.